The molecule has 2 aliphatic heterocycles. The third kappa shape index (κ3) is 6.50. The molecule has 7 aromatic carbocycles. The Morgan fingerprint density at radius 1 is 0.434 bits per heavy atom. The lowest BCUT2D eigenvalue weighted by Crippen LogP contribution is -2.61. The fraction of sp³-hybridized carbons (Fsp3) is 0.380. The van der Waals surface area contributed by atoms with Crippen LogP contribution in [0, 0.1) is 0 Å². The first-order valence-corrected chi connectivity index (χ1v) is 28.4. The van der Waals surface area contributed by atoms with Crippen molar-refractivity contribution < 1.29 is 8.83 Å². The van der Waals surface area contributed by atoms with E-state index in [0.29, 0.717) is 0 Å². The van der Waals surface area contributed by atoms with Crippen LogP contribution in [0.4, 0.5) is 28.4 Å². The first-order chi connectivity index (χ1) is 35.7. The maximum absolute atomic E-state index is 7.63. The minimum Gasteiger partial charge on any atom is -0.466 e. The highest BCUT2D eigenvalue weighted by Crippen LogP contribution is 2.60. The quantitative estimate of drug-likeness (QED) is 0.162. The van der Waals surface area contributed by atoms with Crippen molar-refractivity contribution >= 4 is 79.3 Å². The molecule has 0 fully saturated rings. The van der Waals surface area contributed by atoms with Gasteiger partial charge in [-0.05, 0) is 192 Å². The molecule has 2 aromatic heterocycles. The third-order valence-electron chi connectivity index (χ3n) is 19.9. The van der Waals surface area contributed by atoms with Crippen LogP contribution >= 0.6 is 0 Å². The topological polar surface area (TPSA) is 32.8 Å². The standard InChI is InChI=1S/C71H75BN2O2/c1-65(2,3)40-21-24-42(25-22-40)74-57-39-53-45(46-37-55-56(38-52(46)71(53,15)16)70(13,14)32-31-69(55,11)12)35-47(57)48-36-49-44-19-17-18-20-58(44)75-63(49)62-60(48)72(74)64-61(50-33-41(66(4,5)6)23-28-59(50)76-64)73(62)43-26-27-51-54(34-43)68(9,10)30-29-67(51,7)8/h17-28,33-39H,29-32H2,1-16H3. The Labute approximate surface area is 452 Å². The molecule has 384 valence electrons. The monoisotopic (exact) mass is 999 g/mol. The molecular formula is C71H75BN2O2. The SMILES string of the molecule is CC(C)(C)c1ccc(N2B3c4oc5ccc(C(C)(C)C)cc5c4N(c4ccc5c(c4)C(C)(C)CCC5(C)C)c4c3c(cc3c4oc4ccccc43)-c3cc4c(cc32)C(C)(C)c2cc3c(cc2-4)C(C)(C)CCC3(C)C)cc1. The Hall–Kier alpha value is -6.46. The Morgan fingerprint density at radius 3 is 1.67 bits per heavy atom. The highest BCUT2D eigenvalue weighted by atomic mass is 16.3. The van der Waals surface area contributed by atoms with Gasteiger partial charge in [0.15, 0.2) is 5.58 Å². The van der Waals surface area contributed by atoms with Crippen molar-refractivity contribution in [3.05, 3.63) is 160 Å². The van der Waals surface area contributed by atoms with Crippen molar-refractivity contribution in [2.45, 2.75) is 174 Å². The lowest BCUT2D eigenvalue weighted by Gasteiger charge is -2.45. The van der Waals surface area contributed by atoms with E-state index in [1.165, 1.54) is 90.8 Å². The largest absolute Gasteiger partial charge is 0.466 e. The molecule has 0 amide bonds. The fourth-order valence-electron chi connectivity index (χ4n) is 14.8. The molecule has 0 bridgehead atoms. The molecule has 0 radical (unpaired) electrons. The van der Waals surface area contributed by atoms with Gasteiger partial charge >= 0.3 is 6.85 Å². The van der Waals surface area contributed by atoms with Crippen molar-refractivity contribution in [2.24, 2.45) is 0 Å². The Balaban J connectivity index is 1.15. The summed E-state index contributed by atoms with van der Waals surface area (Å²) in [7, 11) is 0. The summed E-state index contributed by atoms with van der Waals surface area (Å²) in [5.41, 5.74) is 26.9. The van der Waals surface area contributed by atoms with Gasteiger partial charge in [-0.15, -0.1) is 0 Å². The molecule has 14 rings (SSSR count). The maximum atomic E-state index is 7.63. The van der Waals surface area contributed by atoms with Gasteiger partial charge < -0.3 is 18.5 Å². The van der Waals surface area contributed by atoms with Gasteiger partial charge in [-0.25, -0.2) is 0 Å². The average molecular weight is 999 g/mol. The van der Waals surface area contributed by atoms with Gasteiger partial charge in [0, 0.05) is 44.2 Å². The molecule has 5 heteroatoms. The first kappa shape index (κ1) is 48.0. The third-order valence-corrected chi connectivity index (χ3v) is 19.9. The van der Waals surface area contributed by atoms with Gasteiger partial charge in [-0.3, -0.25) is 0 Å². The summed E-state index contributed by atoms with van der Waals surface area (Å²) in [5, 5.41) is 3.38. The van der Waals surface area contributed by atoms with Crippen LogP contribution in [-0.4, -0.2) is 6.85 Å². The molecule has 4 heterocycles. The minimum absolute atomic E-state index is 0.00566. The van der Waals surface area contributed by atoms with Crippen LogP contribution in [0.15, 0.2) is 124 Å². The van der Waals surface area contributed by atoms with Crippen LogP contribution in [-0.2, 0) is 37.9 Å². The Bertz CT molecular complexity index is 4010. The average Bonchev–Trinajstić information content (AvgIpc) is 4.18. The number of nitrogens with zero attached hydrogens (tertiary/aromatic N) is 2. The van der Waals surface area contributed by atoms with Gasteiger partial charge in [0.2, 0.25) is 0 Å². The summed E-state index contributed by atoms with van der Waals surface area (Å²) in [5.74, 6) is 0. The van der Waals surface area contributed by atoms with E-state index in [2.05, 4.69) is 236 Å². The van der Waals surface area contributed by atoms with Gasteiger partial charge in [-0.1, -0.05) is 159 Å². The van der Waals surface area contributed by atoms with Crippen molar-refractivity contribution in [1.29, 1.82) is 0 Å². The van der Waals surface area contributed by atoms with Gasteiger partial charge in [-0.2, -0.15) is 0 Å². The van der Waals surface area contributed by atoms with Crippen LogP contribution in [0.5, 0.6) is 0 Å². The molecule has 4 nitrogen and oxygen atoms in total. The zero-order valence-corrected chi connectivity index (χ0v) is 48.1. The zero-order valence-electron chi connectivity index (χ0n) is 48.1. The molecule has 0 saturated carbocycles. The van der Waals surface area contributed by atoms with Crippen LogP contribution in [0.3, 0.4) is 0 Å². The smallest absolute Gasteiger partial charge is 0.376 e. The summed E-state index contributed by atoms with van der Waals surface area (Å²) < 4.78 is 15.0. The van der Waals surface area contributed by atoms with E-state index in [4.69, 9.17) is 8.83 Å². The number of hydrogen-bond donors (Lipinski definition) is 0. The summed E-state index contributed by atoms with van der Waals surface area (Å²) in [6.45, 7) is 38.1. The number of furan rings is 2. The summed E-state index contributed by atoms with van der Waals surface area (Å²) in [6.07, 6.45) is 4.65. The molecule has 0 N–H and O–H groups in total. The second-order valence-corrected chi connectivity index (χ2v) is 29.1. The normalized spacial score (nSPS) is 19.0. The van der Waals surface area contributed by atoms with E-state index in [-0.39, 0.29) is 44.8 Å². The predicted molar refractivity (Wildman–Crippen MR) is 323 cm³/mol. The van der Waals surface area contributed by atoms with E-state index in [1.807, 2.05) is 0 Å². The molecule has 0 atom stereocenters. The molecule has 9 aromatic rings. The number of benzene rings is 7. The Morgan fingerprint density at radius 2 is 1.00 bits per heavy atom. The van der Waals surface area contributed by atoms with Crippen LogP contribution < -0.4 is 20.8 Å². The number of para-hydroxylation sites is 1. The molecule has 0 spiro atoms. The first-order valence-electron chi connectivity index (χ1n) is 28.4. The van der Waals surface area contributed by atoms with E-state index >= 15 is 0 Å². The second kappa shape index (κ2) is 15.0. The van der Waals surface area contributed by atoms with Crippen LogP contribution in [0.1, 0.15) is 181 Å². The van der Waals surface area contributed by atoms with Gasteiger partial charge in [0.25, 0.3) is 0 Å². The summed E-state index contributed by atoms with van der Waals surface area (Å²) in [6, 6.07) is 45.4. The van der Waals surface area contributed by atoms with Crippen molar-refractivity contribution in [3.8, 4) is 22.3 Å². The highest BCUT2D eigenvalue weighted by molar-refractivity contribution is 6.93. The van der Waals surface area contributed by atoms with Crippen molar-refractivity contribution in [2.75, 3.05) is 9.71 Å². The van der Waals surface area contributed by atoms with Crippen molar-refractivity contribution in [3.63, 3.8) is 0 Å². The van der Waals surface area contributed by atoms with E-state index in [9.17, 15) is 0 Å². The van der Waals surface area contributed by atoms with Crippen LogP contribution in [0.25, 0.3) is 55.2 Å². The predicted octanol–water partition coefficient (Wildman–Crippen LogP) is 18.6. The maximum Gasteiger partial charge on any atom is 0.376 e. The van der Waals surface area contributed by atoms with Crippen LogP contribution in [0.2, 0.25) is 0 Å². The minimum atomic E-state index is -0.334. The van der Waals surface area contributed by atoms with E-state index < -0.39 is 0 Å². The fourth-order valence-corrected chi connectivity index (χ4v) is 14.8. The van der Waals surface area contributed by atoms with Crippen molar-refractivity contribution in [1.82, 2.24) is 0 Å². The highest BCUT2D eigenvalue weighted by Gasteiger charge is 2.52. The summed E-state index contributed by atoms with van der Waals surface area (Å²) >= 11 is 0. The molecule has 0 saturated heterocycles. The number of rotatable bonds is 2. The molecule has 0 unspecified atom stereocenters. The zero-order chi connectivity index (χ0) is 53.3. The van der Waals surface area contributed by atoms with Gasteiger partial charge in [0.1, 0.15) is 16.8 Å². The molecule has 5 aliphatic rings. The number of fused-ring (bicyclic) bond motifs is 15. The molecular weight excluding hydrogens is 924 g/mol. The number of hydrogen-bond acceptors (Lipinski definition) is 4. The Kier molecular flexibility index (Phi) is 9.44. The lowest BCUT2D eigenvalue weighted by molar-refractivity contribution is 0.331. The van der Waals surface area contributed by atoms with Gasteiger partial charge in [0.05, 0.1) is 11.4 Å². The summed E-state index contributed by atoms with van der Waals surface area (Å²) in [4.78, 5) is 5.24. The number of anilines is 5. The second-order valence-electron chi connectivity index (χ2n) is 29.1. The van der Waals surface area contributed by atoms with E-state index in [0.717, 1.165) is 74.2 Å². The lowest BCUT2D eigenvalue weighted by atomic mass is 9.45. The molecule has 3 aliphatic carbocycles. The molecule has 76 heavy (non-hydrogen) atoms. The van der Waals surface area contributed by atoms with E-state index in [1.54, 1.807) is 0 Å².